The van der Waals surface area contributed by atoms with Crippen molar-refractivity contribution in [3.05, 3.63) is 36.5 Å². The number of nitrogens with one attached hydrogen (secondary N) is 1. The molecule has 0 bridgehead atoms. The number of esters is 1. The summed E-state index contributed by atoms with van der Waals surface area (Å²) in [5.74, 6) is -0.0568. The van der Waals surface area contributed by atoms with Gasteiger partial charge in [0, 0.05) is 12.8 Å². The molecule has 0 rings (SSSR count). The van der Waals surface area contributed by atoms with Crippen LogP contribution in [-0.4, -0.2) is 47.4 Å². The van der Waals surface area contributed by atoms with Gasteiger partial charge in [0.05, 0.1) is 25.4 Å². The summed E-state index contributed by atoms with van der Waals surface area (Å²) in [5.41, 5.74) is 0. The van der Waals surface area contributed by atoms with Crippen LogP contribution >= 0.6 is 0 Å². The Kier molecular flexibility index (Phi) is 58.0. The topological polar surface area (TPSA) is 95.9 Å². The van der Waals surface area contributed by atoms with Gasteiger partial charge in [-0.1, -0.05) is 294 Å². The Labute approximate surface area is 436 Å². The second kappa shape index (κ2) is 59.6. The molecule has 0 saturated carbocycles. The van der Waals surface area contributed by atoms with E-state index in [1.165, 1.54) is 263 Å². The molecule has 0 saturated heterocycles. The first-order valence-corrected chi connectivity index (χ1v) is 31.3. The zero-order valence-electron chi connectivity index (χ0n) is 47.0. The number of ether oxygens (including phenoxy) is 1. The molecule has 6 heteroatoms. The number of allylic oxidation sites excluding steroid dienone is 5. The van der Waals surface area contributed by atoms with Gasteiger partial charge in [0.2, 0.25) is 5.91 Å². The maximum Gasteiger partial charge on any atom is 0.305 e. The van der Waals surface area contributed by atoms with Crippen LogP contribution in [0.15, 0.2) is 36.5 Å². The fourth-order valence-electron chi connectivity index (χ4n) is 9.61. The molecule has 0 heterocycles. The first-order valence-electron chi connectivity index (χ1n) is 31.3. The van der Waals surface area contributed by atoms with Gasteiger partial charge in [-0.25, -0.2) is 0 Å². The lowest BCUT2D eigenvalue weighted by molar-refractivity contribution is -0.143. The highest BCUT2D eigenvalue weighted by atomic mass is 16.5. The molecule has 70 heavy (non-hydrogen) atoms. The summed E-state index contributed by atoms with van der Waals surface area (Å²) in [4.78, 5) is 24.4. The minimum atomic E-state index is -0.843. The first-order chi connectivity index (χ1) is 34.5. The van der Waals surface area contributed by atoms with Crippen molar-refractivity contribution < 1.29 is 24.5 Å². The number of carbonyl (C=O) groups excluding carboxylic acids is 2. The maximum atomic E-state index is 12.4. The molecule has 0 radical (unpaired) electrons. The Morgan fingerprint density at radius 1 is 0.400 bits per heavy atom. The summed E-state index contributed by atoms with van der Waals surface area (Å²) in [6, 6.07) is -0.626. The molecule has 2 unspecified atom stereocenters. The van der Waals surface area contributed by atoms with E-state index in [1.54, 1.807) is 6.08 Å². The van der Waals surface area contributed by atoms with Gasteiger partial charge in [0.15, 0.2) is 0 Å². The van der Waals surface area contributed by atoms with Crippen LogP contribution < -0.4 is 5.32 Å². The highest BCUT2D eigenvalue weighted by Gasteiger charge is 2.18. The molecule has 0 fully saturated rings. The normalized spacial score (nSPS) is 12.8. The summed E-state index contributed by atoms with van der Waals surface area (Å²) < 4.78 is 5.49. The van der Waals surface area contributed by atoms with E-state index in [-0.39, 0.29) is 18.5 Å². The monoisotopic (exact) mass is 984 g/mol. The van der Waals surface area contributed by atoms with Gasteiger partial charge < -0.3 is 20.3 Å². The molecule has 0 spiro atoms. The predicted octanol–water partition coefficient (Wildman–Crippen LogP) is 19.6. The van der Waals surface area contributed by atoms with E-state index in [2.05, 4.69) is 43.5 Å². The minimum Gasteiger partial charge on any atom is -0.466 e. The SMILES string of the molecule is CCCCCCCCC/C=C/C(O)C(CO)NC(=O)CCCCCCCCCCCCCCC/C=C\C/C=C\CCCCCCCCCCCOC(=O)CCCCCCCCCCCCCCCCC. The van der Waals surface area contributed by atoms with Gasteiger partial charge in [-0.05, 0) is 64.2 Å². The molecule has 6 nitrogen and oxygen atoms in total. The molecule has 0 aliphatic carbocycles. The van der Waals surface area contributed by atoms with Crippen LogP contribution in [0.25, 0.3) is 0 Å². The minimum absolute atomic E-state index is 0.0144. The maximum absolute atomic E-state index is 12.4. The lowest BCUT2D eigenvalue weighted by Crippen LogP contribution is -2.45. The first kappa shape index (κ1) is 68.1. The molecule has 1 amide bonds. The molecule has 0 aromatic rings. The van der Waals surface area contributed by atoms with Crippen LogP contribution in [-0.2, 0) is 14.3 Å². The van der Waals surface area contributed by atoms with E-state index in [9.17, 15) is 19.8 Å². The summed E-state index contributed by atoms with van der Waals surface area (Å²) in [6.07, 6.45) is 74.9. The van der Waals surface area contributed by atoms with Crippen molar-refractivity contribution in [1.29, 1.82) is 0 Å². The van der Waals surface area contributed by atoms with Gasteiger partial charge in [0.1, 0.15) is 0 Å². The fraction of sp³-hybridized carbons (Fsp3) is 0.875. The lowest BCUT2D eigenvalue weighted by atomic mass is 10.0. The van der Waals surface area contributed by atoms with Gasteiger partial charge in [-0.2, -0.15) is 0 Å². The summed E-state index contributed by atoms with van der Waals surface area (Å²) in [7, 11) is 0. The van der Waals surface area contributed by atoms with E-state index in [1.807, 2.05) is 6.08 Å². The van der Waals surface area contributed by atoms with Crippen molar-refractivity contribution in [3.8, 4) is 0 Å². The fourth-order valence-corrected chi connectivity index (χ4v) is 9.61. The zero-order valence-corrected chi connectivity index (χ0v) is 47.0. The number of carbonyl (C=O) groups is 2. The summed E-state index contributed by atoms with van der Waals surface area (Å²) in [5, 5.41) is 22.9. The van der Waals surface area contributed by atoms with Gasteiger partial charge in [-0.3, -0.25) is 9.59 Å². The molecule has 0 aliphatic rings. The van der Waals surface area contributed by atoms with Crippen LogP contribution in [0, 0.1) is 0 Å². The number of amides is 1. The third kappa shape index (κ3) is 55.4. The number of hydrogen-bond donors (Lipinski definition) is 3. The highest BCUT2D eigenvalue weighted by Crippen LogP contribution is 2.17. The van der Waals surface area contributed by atoms with Crippen molar-refractivity contribution in [1.82, 2.24) is 5.32 Å². The van der Waals surface area contributed by atoms with Crippen molar-refractivity contribution in [2.75, 3.05) is 13.2 Å². The average molecular weight is 985 g/mol. The van der Waals surface area contributed by atoms with Crippen LogP contribution in [0.3, 0.4) is 0 Å². The largest absolute Gasteiger partial charge is 0.466 e. The molecule has 412 valence electrons. The van der Waals surface area contributed by atoms with Crippen molar-refractivity contribution >= 4 is 11.9 Å². The number of aliphatic hydroxyl groups excluding tert-OH is 2. The van der Waals surface area contributed by atoms with E-state index < -0.39 is 12.1 Å². The van der Waals surface area contributed by atoms with Gasteiger partial charge >= 0.3 is 5.97 Å². The smallest absolute Gasteiger partial charge is 0.305 e. The molecule has 0 aromatic carbocycles. The number of aliphatic hydroxyl groups is 2. The standard InChI is InChI=1S/C64H121NO5/c1-3-5-7-9-11-13-14-15-31-35-38-42-46-50-54-58-64(69)70-59-55-51-47-43-39-36-33-30-28-26-24-22-20-18-16-17-19-21-23-25-27-29-32-34-37-41-45-49-53-57-63(68)65-61(60-66)62(67)56-52-48-44-40-12-10-8-6-4-2/h16,18,22,24,52,56,61-62,66-67H,3-15,17,19-21,23,25-51,53-55,57-60H2,1-2H3,(H,65,68)/b18-16-,24-22-,56-52+. The Balaban J connectivity index is 3.38. The van der Waals surface area contributed by atoms with Gasteiger partial charge in [0.25, 0.3) is 0 Å². The van der Waals surface area contributed by atoms with Crippen LogP contribution in [0.2, 0.25) is 0 Å². The second-order valence-corrected chi connectivity index (χ2v) is 21.4. The van der Waals surface area contributed by atoms with Crippen LogP contribution in [0.5, 0.6) is 0 Å². The van der Waals surface area contributed by atoms with Crippen LogP contribution in [0.1, 0.15) is 335 Å². The summed E-state index contributed by atoms with van der Waals surface area (Å²) >= 11 is 0. The molecule has 2 atom stereocenters. The van der Waals surface area contributed by atoms with E-state index in [0.29, 0.717) is 19.4 Å². The molecular weight excluding hydrogens is 863 g/mol. The quantitative estimate of drug-likeness (QED) is 0.0321. The lowest BCUT2D eigenvalue weighted by Gasteiger charge is -2.20. The molecule has 0 aromatic heterocycles. The van der Waals surface area contributed by atoms with Gasteiger partial charge in [-0.15, -0.1) is 0 Å². The molecular formula is C64H121NO5. The number of hydrogen-bond acceptors (Lipinski definition) is 5. The van der Waals surface area contributed by atoms with Crippen molar-refractivity contribution in [3.63, 3.8) is 0 Å². The Morgan fingerprint density at radius 3 is 1.09 bits per heavy atom. The average Bonchev–Trinajstić information content (AvgIpc) is 3.36. The van der Waals surface area contributed by atoms with Crippen molar-refractivity contribution in [2.45, 2.75) is 347 Å². The number of rotatable bonds is 58. The molecule has 0 aliphatic heterocycles. The highest BCUT2D eigenvalue weighted by molar-refractivity contribution is 5.76. The third-order valence-electron chi connectivity index (χ3n) is 14.4. The Bertz CT molecular complexity index is 1130. The Morgan fingerprint density at radius 2 is 0.714 bits per heavy atom. The van der Waals surface area contributed by atoms with Crippen LogP contribution in [0.4, 0.5) is 0 Å². The molecule has 3 N–H and O–H groups in total. The van der Waals surface area contributed by atoms with E-state index >= 15 is 0 Å². The van der Waals surface area contributed by atoms with Crippen molar-refractivity contribution in [2.24, 2.45) is 0 Å². The zero-order chi connectivity index (χ0) is 50.7. The Hall–Kier alpha value is -1.92. The summed E-state index contributed by atoms with van der Waals surface area (Å²) in [6.45, 7) is 4.89. The third-order valence-corrected chi connectivity index (χ3v) is 14.4. The second-order valence-electron chi connectivity index (χ2n) is 21.4. The van der Waals surface area contributed by atoms with E-state index in [0.717, 1.165) is 44.9 Å². The van der Waals surface area contributed by atoms with E-state index in [4.69, 9.17) is 4.74 Å². The predicted molar refractivity (Wildman–Crippen MR) is 306 cm³/mol. The number of unbranched alkanes of at least 4 members (excludes halogenated alkanes) is 43.